The van der Waals surface area contributed by atoms with Crippen molar-refractivity contribution in [2.24, 2.45) is 12.0 Å². The SMILES string of the molecule is CN=C(NCc1ccc(N(C)C)cc1)N(C)Cc1cccn1C.I. The maximum Gasteiger partial charge on any atom is 0.194 e. The molecule has 5 nitrogen and oxygen atoms in total. The van der Waals surface area contributed by atoms with Crippen molar-refractivity contribution in [1.82, 2.24) is 14.8 Å². The van der Waals surface area contributed by atoms with Crippen molar-refractivity contribution in [1.29, 1.82) is 0 Å². The molecule has 132 valence electrons. The van der Waals surface area contributed by atoms with Crippen molar-refractivity contribution < 1.29 is 0 Å². The molecule has 0 saturated heterocycles. The molecule has 0 aliphatic rings. The molecule has 1 heterocycles. The summed E-state index contributed by atoms with van der Waals surface area (Å²) >= 11 is 0. The number of guanidine groups is 1. The lowest BCUT2D eigenvalue weighted by atomic mass is 10.2. The number of aliphatic imine (C=N–C) groups is 1. The van der Waals surface area contributed by atoms with E-state index in [0.29, 0.717) is 0 Å². The molecule has 1 aromatic heterocycles. The summed E-state index contributed by atoms with van der Waals surface area (Å²) in [5.74, 6) is 0.892. The summed E-state index contributed by atoms with van der Waals surface area (Å²) in [6.07, 6.45) is 2.06. The Kier molecular flexibility index (Phi) is 8.10. The van der Waals surface area contributed by atoms with E-state index < -0.39 is 0 Å². The molecule has 2 aromatic rings. The van der Waals surface area contributed by atoms with Gasteiger partial charge in [0, 0.05) is 59.4 Å². The maximum absolute atomic E-state index is 4.37. The van der Waals surface area contributed by atoms with Gasteiger partial charge in [-0.05, 0) is 29.8 Å². The summed E-state index contributed by atoms with van der Waals surface area (Å²) in [6.45, 7) is 1.58. The van der Waals surface area contributed by atoms with E-state index in [-0.39, 0.29) is 24.0 Å². The van der Waals surface area contributed by atoms with E-state index in [9.17, 15) is 0 Å². The molecule has 1 aromatic carbocycles. The van der Waals surface area contributed by atoms with Gasteiger partial charge in [0.15, 0.2) is 5.96 Å². The normalized spacial score (nSPS) is 11.0. The molecule has 6 heteroatoms. The van der Waals surface area contributed by atoms with Gasteiger partial charge < -0.3 is 19.7 Å². The second-order valence-corrected chi connectivity index (χ2v) is 5.93. The average molecular weight is 441 g/mol. The molecular weight excluding hydrogens is 413 g/mol. The Labute approximate surface area is 162 Å². The van der Waals surface area contributed by atoms with Gasteiger partial charge in [0.1, 0.15) is 0 Å². The zero-order valence-corrected chi connectivity index (χ0v) is 17.5. The Balaban J connectivity index is 0.00000288. The number of nitrogens with one attached hydrogen (secondary N) is 1. The molecule has 0 amide bonds. The molecule has 0 fully saturated rings. The molecule has 0 radical (unpaired) electrons. The standard InChI is InChI=1S/C18H27N5.HI/c1-19-18(23(5)14-17-7-6-12-22(17)4)20-13-15-8-10-16(11-9-15)21(2)3;/h6-12H,13-14H2,1-5H3,(H,19,20);1H. The number of hydrogen-bond acceptors (Lipinski definition) is 2. The van der Waals surface area contributed by atoms with Crippen LogP contribution in [-0.2, 0) is 20.1 Å². The Morgan fingerprint density at radius 1 is 1.12 bits per heavy atom. The van der Waals surface area contributed by atoms with Gasteiger partial charge in [-0.2, -0.15) is 0 Å². The highest BCUT2D eigenvalue weighted by molar-refractivity contribution is 14.0. The Bertz CT molecular complexity index is 646. The fourth-order valence-corrected chi connectivity index (χ4v) is 2.46. The molecule has 0 aliphatic carbocycles. The van der Waals surface area contributed by atoms with Gasteiger partial charge in [-0.15, -0.1) is 24.0 Å². The van der Waals surface area contributed by atoms with Gasteiger partial charge in [0.25, 0.3) is 0 Å². The van der Waals surface area contributed by atoms with Crippen LogP contribution in [0, 0.1) is 0 Å². The molecule has 0 atom stereocenters. The van der Waals surface area contributed by atoms with Gasteiger partial charge in [-0.3, -0.25) is 4.99 Å². The number of halogens is 1. The summed E-state index contributed by atoms with van der Waals surface area (Å²) in [7, 11) is 10.0. The fraction of sp³-hybridized carbons (Fsp3) is 0.389. The highest BCUT2D eigenvalue weighted by Crippen LogP contribution is 2.12. The van der Waals surface area contributed by atoms with Crippen molar-refractivity contribution in [3.05, 3.63) is 53.9 Å². The minimum absolute atomic E-state index is 0. The van der Waals surface area contributed by atoms with Crippen LogP contribution in [0.2, 0.25) is 0 Å². The molecule has 0 spiro atoms. The first-order chi connectivity index (χ1) is 11.0. The molecule has 1 N–H and O–H groups in total. The van der Waals surface area contributed by atoms with E-state index >= 15 is 0 Å². The van der Waals surface area contributed by atoms with Crippen molar-refractivity contribution in [2.45, 2.75) is 13.1 Å². The van der Waals surface area contributed by atoms with E-state index in [1.54, 1.807) is 0 Å². The quantitative estimate of drug-likeness (QED) is 0.441. The number of hydrogen-bond donors (Lipinski definition) is 1. The number of aryl methyl sites for hydroxylation is 1. The predicted molar refractivity (Wildman–Crippen MR) is 113 cm³/mol. The van der Waals surface area contributed by atoms with Crippen molar-refractivity contribution in [2.75, 3.05) is 33.1 Å². The van der Waals surface area contributed by atoms with E-state index in [1.165, 1.54) is 16.9 Å². The topological polar surface area (TPSA) is 35.8 Å². The number of benzene rings is 1. The number of aromatic nitrogens is 1. The monoisotopic (exact) mass is 441 g/mol. The van der Waals surface area contributed by atoms with Gasteiger partial charge in [-0.1, -0.05) is 12.1 Å². The smallest absolute Gasteiger partial charge is 0.194 e. The van der Waals surface area contributed by atoms with E-state index in [0.717, 1.165) is 19.0 Å². The third kappa shape index (κ3) is 5.43. The first-order valence-electron chi connectivity index (χ1n) is 7.79. The molecule has 0 bridgehead atoms. The maximum atomic E-state index is 4.37. The summed E-state index contributed by atoms with van der Waals surface area (Å²) in [4.78, 5) is 8.60. The number of nitrogens with zero attached hydrogens (tertiary/aromatic N) is 4. The largest absolute Gasteiger partial charge is 0.378 e. The Hall–Kier alpha value is -1.70. The fourth-order valence-electron chi connectivity index (χ4n) is 2.46. The van der Waals surface area contributed by atoms with Crippen LogP contribution in [0.25, 0.3) is 0 Å². The highest BCUT2D eigenvalue weighted by Gasteiger charge is 2.08. The van der Waals surface area contributed by atoms with Gasteiger partial charge >= 0.3 is 0 Å². The summed E-state index contributed by atoms with van der Waals surface area (Å²) in [5, 5.41) is 3.42. The lowest BCUT2D eigenvalue weighted by molar-refractivity contribution is 0.461. The highest BCUT2D eigenvalue weighted by atomic mass is 127. The molecular formula is C18H28IN5. The molecule has 0 unspecified atom stereocenters. The van der Waals surface area contributed by atoms with Gasteiger partial charge in [-0.25, -0.2) is 0 Å². The van der Waals surface area contributed by atoms with Crippen molar-refractivity contribution in [3.63, 3.8) is 0 Å². The zero-order chi connectivity index (χ0) is 16.8. The molecule has 0 aliphatic heterocycles. The van der Waals surface area contributed by atoms with Gasteiger partial charge in [0.2, 0.25) is 0 Å². The van der Waals surface area contributed by atoms with Crippen LogP contribution >= 0.6 is 24.0 Å². The minimum atomic E-state index is 0. The van der Waals surface area contributed by atoms with Gasteiger partial charge in [0.05, 0.1) is 6.54 Å². The molecule has 24 heavy (non-hydrogen) atoms. The summed E-state index contributed by atoms with van der Waals surface area (Å²) in [6, 6.07) is 12.7. The average Bonchev–Trinajstić information content (AvgIpc) is 2.93. The van der Waals surface area contributed by atoms with E-state index in [1.807, 2.05) is 21.1 Å². The lowest BCUT2D eigenvalue weighted by Gasteiger charge is -2.22. The zero-order valence-electron chi connectivity index (χ0n) is 15.2. The van der Waals surface area contributed by atoms with E-state index in [2.05, 4.69) is 81.4 Å². The van der Waals surface area contributed by atoms with Crippen molar-refractivity contribution in [3.8, 4) is 0 Å². The van der Waals surface area contributed by atoms with Crippen molar-refractivity contribution >= 4 is 35.6 Å². The number of rotatable bonds is 5. The van der Waals surface area contributed by atoms with Crippen LogP contribution < -0.4 is 10.2 Å². The second kappa shape index (κ2) is 9.56. The van der Waals surface area contributed by atoms with Crippen LogP contribution in [0.1, 0.15) is 11.3 Å². The van der Waals surface area contributed by atoms with E-state index in [4.69, 9.17) is 0 Å². The second-order valence-electron chi connectivity index (χ2n) is 5.93. The number of anilines is 1. The Morgan fingerprint density at radius 3 is 2.29 bits per heavy atom. The summed E-state index contributed by atoms with van der Waals surface area (Å²) in [5.41, 5.74) is 3.70. The molecule has 2 rings (SSSR count). The van der Waals surface area contributed by atoms with Crippen LogP contribution in [0.15, 0.2) is 47.6 Å². The lowest BCUT2D eigenvalue weighted by Crippen LogP contribution is -2.38. The first kappa shape index (κ1) is 20.3. The summed E-state index contributed by atoms with van der Waals surface area (Å²) < 4.78 is 2.13. The van der Waals surface area contributed by atoms with Crippen LogP contribution in [-0.4, -0.2) is 43.6 Å². The third-order valence-corrected chi connectivity index (χ3v) is 3.93. The predicted octanol–water partition coefficient (Wildman–Crippen LogP) is 2.92. The third-order valence-electron chi connectivity index (χ3n) is 3.93. The first-order valence-corrected chi connectivity index (χ1v) is 7.79. The molecule has 0 saturated carbocycles. The van der Waals surface area contributed by atoms with Crippen LogP contribution in [0.5, 0.6) is 0 Å². The van der Waals surface area contributed by atoms with Crippen LogP contribution in [0.3, 0.4) is 0 Å². The minimum Gasteiger partial charge on any atom is -0.378 e. The Morgan fingerprint density at radius 2 is 1.79 bits per heavy atom. The van der Waals surface area contributed by atoms with Crippen LogP contribution in [0.4, 0.5) is 5.69 Å².